The zero-order chi connectivity index (χ0) is 22.5. The highest BCUT2D eigenvalue weighted by molar-refractivity contribution is 5.85. The summed E-state index contributed by atoms with van der Waals surface area (Å²) in [5.41, 5.74) is 10.3. The smallest absolute Gasteiger partial charge is 0.0233 e. The molecule has 0 aliphatic carbocycles. The van der Waals surface area contributed by atoms with E-state index in [0.717, 1.165) is 13.1 Å². The number of nitrogens with zero attached hydrogens (tertiary/aromatic N) is 2. The lowest BCUT2D eigenvalue weighted by Crippen LogP contribution is -2.11. The molecule has 0 unspecified atom stereocenters. The van der Waals surface area contributed by atoms with Gasteiger partial charge in [-0.2, -0.15) is 0 Å². The zero-order valence-corrected chi connectivity index (χ0v) is 19.5. The first-order valence-corrected chi connectivity index (χ1v) is 11.2. The molecular weight excluding hydrogens is 388 g/mol. The summed E-state index contributed by atoms with van der Waals surface area (Å²) >= 11 is 0. The van der Waals surface area contributed by atoms with Crippen LogP contribution in [0.3, 0.4) is 0 Å². The van der Waals surface area contributed by atoms with Gasteiger partial charge >= 0.3 is 0 Å². The number of benzene rings is 4. The normalized spacial score (nSPS) is 11.3. The van der Waals surface area contributed by atoms with Crippen molar-refractivity contribution in [2.45, 2.75) is 13.1 Å². The van der Waals surface area contributed by atoms with Crippen LogP contribution in [0.15, 0.2) is 97.1 Å². The Kier molecular flexibility index (Phi) is 6.84. The van der Waals surface area contributed by atoms with Crippen LogP contribution in [0, 0.1) is 0 Å². The van der Waals surface area contributed by atoms with E-state index in [0.29, 0.717) is 0 Å². The summed E-state index contributed by atoms with van der Waals surface area (Å²) in [4.78, 5) is 4.42. The Morgan fingerprint density at radius 1 is 0.469 bits per heavy atom. The van der Waals surface area contributed by atoms with Gasteiger partial charge in [-0.1, -0.05) is 91.0 Å². The fourth-order valence-electron chi connectivity index (χ4n) is 4.28. The van der Waals surface area contributed by atoms with Crippen molar-refractivity contribution < 1.29 is 0 Å². The van der Waals surface area contributed by atoms with Crippen molar-refractivity contribution in [2.75, 3.05) is 28.2 Å². The average Bonchev–Trinajstić information content (AvgIpc) is 2.79. The highest BCUT2D eigenvalue weighted by Crippen LogP contribution is 2.35. The Hall–Kier alpha value is -3.20. The molecule has 32 heavy (non-hydrogen) atoms. The maximum Gasteiger partial charge on any atom is 0.0233 e. The third kappa shape index (κ3) is 5.16. The van der Waals surface area contributed by atoms with Gasteiger partial charge in [-0.05, 0) is 78.8 Å². The molecule has 162 valence electrons. The Balaban J connectivity index is 1.73. The van der Waals surface area contributed by atoms with Crippen molar-refractivity contribution in [1.29, 1.82) is 0 Å². The average molecular weight is 421 g/mol. The second-order valence-corrected chi connectivity index (χ2v) is 8.96. The summed E-state index contributed by atoms with van der Waals surface area (Å²) in [6, 6.07) is 35.3. The lowest BCUT2D eigenvalue weighted by Gasteiger charge is -2.16. The Labute approximate surface area is 192 Å². The van der Waals surface area contributed by atoms with Crippen LogP contribution >= 0.6 is 0 Å². The fourth-order valence-corrected chi connectivity index (χ4v) is 4.28. The van der Waals surface area contributed by atoms with Crippen LogP contribution < -0.4 is 0 Å². The van der Waals surface area contributed by atoms with E-state index in [-0.39, 0.29) is 0 Å². The predicted molar refractivity (Wildman–Crippen MR) is 138 cm³/mol. The lowest BCUT2D eigenvalue weighted by molar-refractivity contribution is 0.402. The van der Waals surface area contributed by atoms with Crippen LogP contribution in [-0.2, 0) is 13.1 Å². The third-order valence-electron chi connectivity index (χ3n) is 5.68. The summed E-state index contributed by atoms with van der Waals surface area (Å²) in [6.07, 6.45) is 0. The molecule has 0 fully saturated rings. The van der Waals surface area contributed by atoms with Gasteiger partial charge in [0.1, 0.15) is 0 Å². The zero-order valence-electron chi connectivity index (χ0n) is 19.5. The first-order valence-electron chi connectivity index (χ1n) is 11.2. The van der Waals surface area contributed by atoms with Crippen LogP contribution in [0.25, 0.3) is 33.4 Å². The quantitative estimate of drug-likeness (QED) is 0.324. The number of hydrogen-bond acceptors (Lipinski definition) is 2. The van der Waals surface area contributed by atoms with Gasteiger partial charge < -0.3 is 9.80 Å². The monoisotopic (exact) mass is 420 g/mol. The van der Waals surface area contributed by atoms with Gasteiger partial charge in [0.2, 0.25) is 0 Å². The van der Waals surface area contributed by atoms with Crippen molar-refractivity contribution in [2.24, 2.45) is 0 Å². The van der Waals surface area contributed by atoms with Crippen molar-refractivity contribution in [3.63, 3.8) is 0 Å². The molecule has 0 aliphatic rings. The molecule has 0 saturated heterocycles. The first kappa shape index (κ1) is 22.0. The highest BCUT2D eigenvalue weighted by Gasteiger charge is 2.10. The number of hydrogen-bond donors (Lipinski definition) is 0. The summed E-state index contributed by atoms with van der Waals surface area (Å²) in [5.74, 6) is 0. The first-order chi connectivity index (χ1) is 15.5. The molecule has 2 nitrogen and oxygen atoms in total. The molecule has 0 saturated carbocycles. The standard InChI is InChI=1S/C30H32N2/c1-31(2)21-23-16-18-24(19-17-23)29-14-7-8-15-30(29)26-12-9-11-25(20-26)28-13-6-5-10-27(28)22-32(3)4/h5-20H,21-22H2,1-4H3. The molecule has 0 bridgehead atoms. The minimum absolute atomic E-state index is 0.927. The summed E-state index contributed by atoms with van der Waals surface area (Å²) in [5, 5.41) is 0. The molecule has 0 amide bonds. The molecule has 2 heteroatoms. The Morgan fingerprint density at radius 3 is 1.62 bits per heavy atom. The minimum atomic E-state index is 0.927. The van der Waals surface area contributed by atoms with Crippen LogP contribution in [0.1, 0.15) is 11.1 Å². The lowest BCUT2D eigenvalue weighted by atomic mass is 9.91. The van der Waals surface area contributed by atoms with Gasteiger partial charge in [-0.25, -0.2) is 0 Å². The SMILES string of the molecule is CN(C)Cc1ccc(-c2ccccc2-c2cccc(-c3ccccc3CN(C)C)c2)cc1. The summed E-state index contributed by atoms with van der Waals surface area (Å²) < 4.78 is 0. The predicted octanol–water partition coefficient (Wildman–Crippen LogP) is 6.81. The van der Waals surface area contributed by atoms with Crippen molar-refractivity contribution in [1.82, 2.24) is 9.80 Å². The van der Waals surface area contributed by atoms with Crippen LogP contribution in [-0.4, -0.2) is 38.0 Å². The van der Waals surface area contributed by atoms with E-state index in [1.807, 2.05) is 0 Å². The van der Waals surface area contributed by atoms with Crippen molar-refractivity contribution >= 4 is 0 Å². The van der Waals surface area contributed by atoms with Gasteiger partial charge in [-0.3, -0.25) is 0 Å². The van der Waals surface area contributed by atoms with Gasteiger partial charge in [-0.15, -0.1) is 0 Å². The van der Waals surface area contributed by atoms with Gasteiger partial charge in [0.05, 0.1) is 0 Å². The third-order valence-corrected chi connectivity index (χ3v) is 5.68. The van der Waals surface area contributed by atoms with Crippen molar-refractivity contribution in [3.05, 3.63) is 108 Å². The molecule has 0 atom stereocenters. The molecule has 4 rings (SSSR count). The number of rotatable bonds is 7. The Morgan fingerprint density at radius 2 is 1.00 bits per heavy atom. The fraction of sp³-hybridized carbons (Fsp3) is 0.200. The summed E-state index contributed by atoms with van der Waals surface area (Å²) in [7, 11) is 8.44. The highest BCUT2D eigenvalue weighted by atomic mass is 15.1. The molecule has 0 aromatic heterocycles. The molecule has 0 aliphatic heterocycles. The summed E-state index contributed by atoms with van der Waals surface area (Å²) in [6.45, 7) is 1.88. The van der Waals surface area contributed by atoms with E-state index < -0.39 is 0 Å². The maximum absolute atomic E-state index is 2.33. The van der Waals surface area contributed by atoms with Crippen LogP contribution in [0.2, 0.25) is 0 Å². The molecule has 4 aromatic carbocycles. The second-order valence-electron chi connectivity index (χ2n) is 8.96. The van der Waals surface area contributed by atoms with E-state index >= 15 is 0 Å². The largest absolute Gasteiger partial charge is 0.305 e. The van der Waals surface area contributed by atoms with E-state index in [1.54, 1.807) is 0 Å². The second kappa shape index (κ2) is 9.95. The van der Waals surface area contributed by atoms with Gasteiger partial charge in [0.15, 0.2) is 0 Å². The van der Waals surface area contributed by atoms with E-state index in [4.69, 9.17) is 0 Å². The topological polar surface area (TPSA) is 6.48 Å². The van der Waals surface area contributed by atoms with Crippen LogP contribution in [0.4, 0.5) is 0 Å². The Bertz CT molecular complexity index is 1170. The van der Waals surface area contributed by atoms with E-state index in [2.05, 4.69) is 135 Å². The molecular formula is C30H32N2. The van der Waals surface area contributed by atoms with E-state index in [9.17, 15) is 0 Å². The maximum atomic E-state index is 2.33. The minimum Gasteiger partial charge on any atom is -0.305 e. The van der Waals surface area contributed by atoms with Gasteiger partial charge in [0, 0.05) is 13.1 Å². The molecule has 0 spiro atoms. The van der Waals surface area contributed by atoms with Crippen LogP contribution in [0.5, 0.6) is 0 Å². The van der Waals surface area contributed by atoms with Crippen molar-refractivity contribution in [3.8, 4) is 33.4 Å². The molecule has 0 radical (unpaired) electrons. The molecule has 0 N–H and O–H groups in total. The molecule has 0 heterocycles. The molecule has 4 aromatic rings. The van der Waals surface area contributed by atoms with Gasteiger partial charge in [0.25, 0.3) is 0 Å². The van der Waals surface area contributed by atoms with E-state index in [1.165, 1.54) is 44.5 Å².